The number of rotatable bonds is 1. The molecule has 0 unspecified atom stereocenters. The molecule has 0 heterocycles. The van der Waals surface area contributed by atoms with Crippen molar-refractivity contribution in [3.8, 4) is 6.07 Å². The largest absolute Gasteiger partial charge is 0.417 e. The summed E-state index contributed by atoms with van der Waals surface area (Å²) >= 11 is 0. The lowest BCUT2D eigenvalue weighted by molar-refractivity contribution is -0.139. The van der Waals surface area contributed by atoms with Gasteiger partial charge in [0.2, 0.25) is 0 Å². The van der Waals surface area contributed by atoms with Crippen molar-refractivity contribution in [2.75, 3.05) is 0 Å². The Labute approximate surface area is 93.5 Å². The monoisotopic (exact) mass is 269 g/mol. The fourth-order valence-corrected chi connectivity index (χ4v) is 2.12. The van der Waals surface area contributed by atoms with Crippen LogP contribution in [0, 0.1) is 11.3 Å². The van der Waals surface area contributed by atoms with E-state index in [0.29, 0.717) is 12.1 Å². The summed E-state index contributed by atoms with van der Waals surface area (Å²) in [4.78, 5) is -1.11. The minimum Gasteiger partial charge on any atom is -0.207 e. The predicted molar refractivity (Wildman–Crippen MR) is 49.2 cm³/mol. The van der Waals surface area contributed by atoms with E-state index in [4.69, 9.17) is 15.9 Å². The Kier molecular flexibility index (Phi) is 3.17. The molecule has 0 aliphatic rings. The Hall–Kier alpha value is -1.26. The summed E-state index contributed by atoms with van der Waals surface area (Å²) < 4.78 is 59.1. The van der Waals surface area contributed by atoms with Crippen molar-refractivity contribution in [1.82, 2.24) is 0 Å². The Morgan fingerprint density at radius 2 is 1.88 bits per heavy atom. The molecular formula is C8H3ClF3NO2S. The normalized spacial score (nSPS) is 12.2. The number of hydrogen-bond acceptors (Lipinski definition) is 3. The third-order valence-corrected chi connectivity index (χ3v) is 3.04. The van der Waals surface area contributed by atoms with Crippen molar-refractivity contribution in [3.05, 3.63) is 29.3 Å². The summed E-state index contributed by atoms with van der Waals surface area (Å²) in [6, 6.07) is 3.49. The standard InChI is InChI=1S/C8H3ClF3NO2S/c9-16(14,15)7-3-5(4-13)1-2-6(7)8(10,11)12/h1-3H. The molecule has 1 aromatic rings. The van der Waals surface area contributed by atoms with Crippen LogP contribution in [0.25, 0.3) is 0 Å². The topological polar surface area (TPSA) is 57.9 Å². The molecule has 0 saturated carbocycles. The summed E-state index contributed by atoms with van der Waals surface area (Å²) in [6.07, 6.45) is -4.84. The zero-order chi connectivity index (χ0) is 12.6. The van der Waals surface area contributed by atoms with Crippen LogP contribution >= 0.6 is 10.7 Å². The fraction of sp³-hybridized carbons (Fsp3) is 0.125. The fourth-order valence-electron chi connectivity index (χ4n) is 1.03. The second-order valence-corrected chi connectivity index (χ2v) is 5.29. The Morgan fingerprint density at radius 1 is 1.31 bits per heavy atom. The molecule has 3 nitrogen and oxygen atoms in total. The second kappa shape index (κ2) is 3.96. The number of alkyl halides is 3. The maximum Gasteiger partial charge on any atom is 0.417 e. The molecule has 0 bridgehead atoms. The molecule has 0 aliphatic heterocycles. The molecule has 0 aliphatic carbocycles. The Bertz CT molecular complexity index is 560. The van der Waals surface area contributed by atoms with Crippen LogP contribution in [0.5, 0.6) is 0 Å². The van der Waals surface area contributed by atoms with Crippen LogP contribution in [0.2, 0.25) is 0 Å². The van der Waals surface area contributed by atoms with Crippen LogP contribution in [-0.4, -0.2) is 8.42 Å². The highest BCUT2D eigenvalue weighted by Crippen LogP contribution is 2.35. The quantitative estimate of drug-likeness (QED) is 0.736. The van der Waals surface area contributed by atoms with Crippen LogP contribution in [0.15, 0.2) is 23.1 Å². The van der Waals surface area contributed by atoms with E-state index in [9.17, 15) is 21.6 Å². The van der Waals surface area contributed by atoms with Gasteiger partial charge in [-0.2, -0.15) is 18.4 Å². The minimum absolute atomic E-state index is 0.216. The van der Waals surface area contributed by atoms with Gasteiger partial charge in [-0.1, -0.05) is 0 Å². The van der Waals surface area contributed by atoms with Crippen molar-refractivity contribution in [2.24, 2.45) is 0 Å². The number of benzene rings is 1. The highest BCUT2D eigenvalue weighted by molar-refractivity contribution is 8.13. The summed E-state index contributed by atoms with van der Waals surface area (Å²) in [5.74, 6) is 0. The van der Waals surface area contributed by atoms with Gasteiger partial charge in [0.25, 0.3) is 9.05 Å². The van der Waals surface area contributed by atoms with Crippen molar-refractivity contribution >= 4 is 19.7 Å². The smallest absolute Gasteiger partial charge is 0.207 e. The maximum atomic E-state index is 12.4. The first kappa shape index (κ1) is 12.8. The van der Waals surface area contributed by atoms with Crippen molar-refractivity contribution < 1.29 is 21.6 Å². The predicted octanol–water partition coefficient (Wildman–Crippen LogP) is 2.50. The average Bonchev–Trinajstić information content (AvgIpc) is 2.14. The molecule has 0 N–H and O–H groups in total. The van der Waals surface area contributed by atoms with E-state index in [1.165, 1.54) is 6.07 Å². The first-order valence-electron chi connectivity index (χ1n) is 3.72. The van der Waals surface area contributed by atoms with Crippen LogP contribution < -0.4 is 0 Å². The van der Waals surface area contributed by atoms with Gasteiger partial charge in [0, 0.05) is 10.7 Å². The number of nitriles is 1. The third-order valence-electron chi connectivity index (χ3n) is 1.68. The van der Waals surface area contributed by atoms with Crippen molar-refractivity contribution in [3.63, 3.8) is 0 Å². The van der Waals surface area contributed by atoms with E-state index in [0.717, 1.165) is 6.07 Å². The first-order chi connectivity index (χ1) is 7.16. The zero-order valence-electron chi connectivity index (χ0n) is 7.42. The zero-order valence-corrected chi connectivity index (χ0v) is 8.99. The SMILES string of the molecule is N#Cc1ccc(C(F)(F)F)c(S(=O)(=O)Cl)c1. The highest BCUT2D eigenvalue weighted by Gasteiger charge is 2.36. The molecule has 0 aromatic heterocycles. The van der Waals surface area contributed by atoms with E-state index in [2.05, 4.69) is 0 Å². The molecule has 0 saturated heterocycles. The van der Waals surface area contributed by atoms with Gasteiger partial charge in [-0.15, -0.1) is 0 Å². The van der Waals surface area contributed by atoms with E-state index < -0.39 is 25.7 Å². The lowest BCUT2D eigenvalue weighted by atomic mass is 10.1. The van der Waals surface area contributed by atoms with E-state index in [1.807, 2.05) is 0 Å². The summed E-state index contributed by atoms with van der Waals surface area (Å²) in [7, 11) is 0.313. The molecule has 0 radical (unpaired) electrons. The van der Waals surface area contributed by atoms with Gasteiger partial charge in [0.1, 0.15) is 0 Å². The molecule has 0 fully saturated rings. The van der Waals surface area contributed by atoms with Gasteiger partial charge < -0.3 is 0 Å². The van der Waals surface area contributed by atoms with E-state index >= 15 is 0 Å². The van der Waals surface area contributed by atoms with Gasteiger partial charge in [0.15, 0.2) is 0 Å². The van der Waals surface area contributed by atoms with Crippen molar-refractivity contribution in [2.45, 2.75) is 11.1 Å². The minimum atomic E-state index is -4.84. The van der Waals surface area contributed by atoms with Crippen LogP contribution in [0.3, 0.4) is 0 Å². The highest BCUT2D eigenvalue weighted by atomic mass is 35.7. The van der Waals surface area contributed by atoms with E-state index in [1.54, 1.807) is 0 Å². The molecule has 1 rings (SSSR count). The van der Waals surface area contributed by atoms with Gasteiger partial charge in [-0.05, 0) is 18.2 Å². The van der Waals surface area contributed by atoms with Crippen molar-refractivity contribution in [1.29, 1.82) is 5.26 Å². The van der Waals surface area contributed by atoms with Gasteiger partial charge in [0.05, 0.1) is 22.1 Å². The Balaban J connectivity index is 3.61. The molecular weight excluding hydrogens is 267 g/mol. The van der Waals surface area contributed by atoms with Crippen LogP contribution in [-0.2, 0) is 15.2 Å². The lowest BCUT2D eigenvalue weighted by Gasteiger charge is -2.10. The molecule has 8 heteroatoms. The van der Waals surface area contributed by atoms with E-state index in [-0.39, 0.29) is 5.56 Å². The molecule has 1 aromatic carbocycles. The molecule has 16 heavy (non-hydrogen) atoms. The lowest BCUT2D eigenvalue weighted by Crippen LogP contribution is -2.10. The van der Waals surface area contributed by atoms with Gasteiger partial charge in [-0.25, -0.2) is 8.42 Å². The average molecular weight is 270 g/mol. The number of halogens is 4. The Morgan fingerprint density at radius 3 is 2.25 bits per heavy atom. The summed E-state index contributed by atoms with van der Waals surface area (Å²) in [6.45, 7) is 0. The number of hydrogen-bond donors (Lipinski definition) is 0. The van der Waals surface area contributed by atoms with Crippen LogP contribution in [0.1, 0.15) is 11.1 Å². The van der Waals surface area contributed by atoms with Gasteiger partial charge in [-0.3, -0.25) is 0 Å². The third kappa shape index (κ3) is 2.65. The second-order valence-electron chi connectivity index (χ2n) is 2.76. The van der Waals surface area contributed by atoms with Gasteiger partial charge >= 0.3 is 6.18 Å². The maximum absolute atomic E-state index is 12.4. The first-order valence-corrected chi connectivity index (χ1v) is 6.03. The summed E-state index contributed by atoms with van der Waals surface area (Å²) in [5.41, 5.74) is -1.60. The molecule has 0 amide bonds. The summed E-state index contributed by atoms with van der Waals surface area (Å²) in [5, 5.41) is 8.45. The molecule has 86 valence electrons. The van der Waals surface area contributed by atoms with Crippen LogP contribution in [0.4, 0.5) is 13.2 Å². The molecule has 0 spiro atoms. The number of nitrogens with zero attached hydrogens (tertiary/aromatic N) is 1. The molecule has 0 atom stereocenters.